The number of anilines is 2. The Morgan fingerprint density at radius 1 is 1.33 bits per heavy atom. The maximum Gasteiger partial charge on any atom is 0.0719 e. The van der Waals surface area contributed by atoms with Crippen molar-refractivity contribution < 1.29 is 0 Å². The van der Waals surface area contributed by atoms with Crippen LogP contribution < -0.4 is 11.2 Å². The van der Waals surface area contributed by atoms with E-state index in [2.05, 4.69) is 5.43 Å². The monoisotopic (exact) mass is 165 g/mol. The van der Waals surface area contributed by atoms with E-state index < -0.39 is 0 Å². The van der Waals surface area contributed by atoms with E-state index in [4.69, 9.17) is 5.73 Å². The Bertz CT molecular complexity index is 268. The zero-order valence-electron chi connectivity index (χ0n) is 7.76. The number of nitrogens with one attached hydrogen (secondary N) is 1. The first-order valence-electron chi connectivity index (χ1n) is 3.89. The summed E-state index contributed by atoms with van der Waals surface area (Å²) < 4.78 is 0. The molecule has 3 nitrogen and oxygen atoms in total. The second kappa shape index (κ2) is 3.45. The Balaban J connectivity index is 2.86. The Hall–Kier alpha value is -1.22. The van der Waals surface area contributed by atoms with Crippen molar-refractivity contribution in [3.8, 4) is 0 Å². The number of nitrogens with two attached hydrogens (primary N) is 1. The van der Waals surface area contributed by atoms with E-state index in [0.29, 0.717) is 0 Å². The molecule has 0 unspecified atom stereocenters. The summed E-state index contributed by atoms with van der Waals surface area (Å²) in [5.74, 6) is 0. The van der Waals surface area contributed by atoms with Crippen LogP contribution in [0.4, 0.5) is 11.4 Å². The molecule has 0 atom stereocenters. The minimum atomic E-state index is 0.781. The topological polar surface area (TPSA) is 41.3 Å². The summed E-state index contributed by atoms with van der Waals surface area (Å²) >= 11 is 0. The number of hydrogen-bond donors (Lipinski definition) is 2. The van der Waals surface area contributed by atoms with Crippen LogP contribution in [0.15, 0.2) is 18.2 Å². The highest BCUT2D eigenvalue weighted by molar-refractivity contribution is 5.66. The standard InChI is InChI=1S/C9H15N3/c1-7-4-5-9(8(10)6-7)11-12(2)3/h4-6,11H,10H2,1-3H3. The molecule has 0 aromatic heterocycles. The van der Waals surface area contributed by atoms with Crippen molar-refractivity contribution >= 4 is 11.4 Å². The normalized spacial score (nSPS) is 10.3. The van der Waals surface area contributed by atoms with Crippen LogP contribution in [-0.4, -0.2) is 19.1 Å². The first kappa shape index (κ1) is 8.87. The molecule has 0 heterocycles. The van der Waals surface area contributed by atoms with Gasteiger partial charge in [-0.2, -0.15) is 0 Å². The van der Waals surface area contributed by atoms with Gasteiger partial charge in [0.05, 0.1) is 11.4 Å². The Kier molecular flexibility index (Phi) is 2.55. The molecule has 0 aliphatic heterocycles. The highest BCUT2D eigenvalue weighted by Gasteiger charge is 1.98. The third kappa shape index (κ3) is 2.13. The van der Waals surface area contributed by atoms with Crippen molar-refractivity contribution in [2.24, 2.45) is 0 Å². The summed E-state index contributed by atoms with van der Waals surface area (Å²) in [6.45, 7) is 2.02. The summed E-state index contributed by atoms with van der Waals surface area (Å²) in [6, 6.07) is 5.96. The number of hydrazine groups is 1. The molecule has 66 valence electrons. The molecule has 3 heteroatoms. The maximum atomic E-state index is 5.78. The van der Waals surface area contributed by atoms with Gasteiger partial charge in [-0.15, -0.1) is 0 Å². The van der Waals surface area contributed by atoms with Crippen molar-refractivity contribution in [2.45, 2.75) is 6.92 Å². The van der Waals surface area contributed by atoms with Gasteiger partial charge in [-0.3, -0.25) is 0 Å². The number of benzene rings is 1. The lowest BCUT2D eigenvalue weighted by molar-refractivity contribution is 0.496. The predicted octanol–water partition coefficient (Wildman–Crippen LogP) is 1.47. The fourth-order valence-electron chi connectivity index (χ4n) is 1.02. The molecule has 1 rings (SSSR count). The van der Waals surface area contributed by atoms with Crippen LogP contribution in [0.2, 0.25) is 0 Å². The van der Waals surface area contributed by atoms with Crippen LogP contribution in [0, 0.1) is 6.92 Å². The van der Waals surface area contributed by atoms with Gasteiger partial charge in [0.1, 0.15) is 0 Å². The van der Waals surface area contributed by atoms with E-state index in [0.717, 1.165) is 11.4 Å². The van der Waals surface area contributed by atoms with Crippen LogP contribution in [0.1, 0.15) is 5.56 Å². The summed E-state index contributed by atoms with van der Waals surface area (Å²) in [5.41, 5.74) is 11.8. The predicted molar refractivity (Wildman–Crippen MR) is 52.9 cm³/mol. The van der Waals surface area contributed by atoms with Gasteiger partial charge in [0, 0.05) is 14.1 Å². The van der Waals surface area contributed by atoms with Crippen LogP contribution in [0.3, 0.4) is 0 Å². The van der Waals surface area contributed by atoms with Gasteiger partial charge in [-0.25, -0.2) is 5.01 Å². The molecule has 1 aromatic carbocycles. The number of nitrogens with zero attached hydrogens (tertiary/aromatic N) is 1. The molecule has 0 saturated heterocycles. The molecule has 3 N–H and O–H groups in total. The highest BCUT2D eigenvalue weighted by Crippen LogP contribution is 2.19. The van der Waals surface area contributed by atoms with Gasteiger partial charge in [0.2, 0.25) is 0 Å². The van der Waals surface area contributed by atoms with E-state index >= 15 is 0 Å². The Morgan fingerprint density at radius 3 is 2.50 bits per heavy atom. The van der Waals surface area contributed by atoms with Crippen molar-refractivity contribution in [1.82, 2.24) is 5.01 Å². The summed E-state index contributed by atoms with van der Waals surface area (Å²) in [4.78, 5) is 0. The molecule has 0 spiro atoms. The minimum Gasteiger partial charge on any atom is -0.397 e. The van der Waals surface area contributed by atoms with Gasteiger partial charge in [-0.1, -0.05) is 6.07 Å². The van der Waals surface area contributed by atoms with Gasteiger partial charge in [0.25, 0.3) is 0 Å². The largest absolute Gasteiger partial charge is 0.397 e. The molecule has 1 aromatic rings. The average molecular weight is 165 g/mol. The quantitative estimate of drug-likeness (QED) is 0.515. The molecular formula is C9H15N3. The third-order valence-corrected chi connectivity index (χ3v) is 1.55. The lowest BCUT2D eigenvalue weighted by atomic mass is 10.2. The molecule has 0 radical (unpaired) electrons. The zero-order chi connectivity index (χ0) is 9.14. The van der Waals surface area contributed by atoms with Crippen molar-refractivity contribution in [2.75, 3.05) is 25.3 Å². The van der Waals surface area contributed by atoms with E-state index in [1.807, 2.05) is 44.2 Å². The number of aryl methyl sites for hydroxylation is 1. The van der Waals surface area contributed by atoms with Crippen LogP contribution in [0.5, 0.6) is 0 Å². The zero-order valence-corrected chi connectivity index (χ0v) is 7.76. The maximum absolute atomic E-state index is 5.78. The molecule has 0 bridgehead atoms. The van der Waals surface area contributed by atoms with Crippen LogP contribution in [-0.2, 0) is 0 Å². The summed E-state index contributed by atoms with van der Waals surface area (Å²) in [7, 11) is 3.86. The van der Waals surface area contributed by atoms with E-state index in [1.165, 1.54) is 5.56 Å². The van der Waals surface area contributed by atoms with Crippen LogP contribution >= 0.6 is 0 Å². The molecule has 0 aliphatic carbocycles. The number of nitrogen functional groups attached to an aromatic ring is 1. The number of rotatable bonds is 2. The fraction of sp³-hybridized carbons (Fsp3) is 0.333. The van der Waals surface area contributed by atoms with Gasteiger partial charge < -0.3 is 11.2 Å². The van der Waals surface area contributed by atoms with Crippen molar-refractivity contribution in [1.29, 1.82) is 0 Å². The summed E-state index contributed by atoms with van der Waals surface area (Å²) in [6.07, 6.45) is 0. The van der Waals surface area contributed by atoms with Gasteiger partial charge >= 0.3 is 0 Å². The van der Waals surface area contributed by atoms with E-state index in [-0.39, 0.29) is 0 Å². The second-order valence-electron chi connectivity index (χ2n) is 3.10. The third-order valence-electron chi connectivity index (χ3n) is 1.55. The molecule has 12 heavy (non-hydrogen) atoms. The van der Waals surface area contributed by atoms with Crippen molar-refractivity contribution in [3.05, 3.63) is 23.8 Å². The average Bonchev–Trinajstić information content (AvgIpc) is 1.94. The lowest BCUT2D eigenvalue weighted by Crippen LogP contribution is -2.20. The van der Waals surface area contributed by atoms with Gasteiger partial charge in [0.15, 0.2) is 0 Å². The molecular weight excluding hydrogens is 150 g/mol. The smallest absolute Gasteiger partial charge is 0.0719 e. The lowest BCUT2D eigenvalue weighted by Gasteiger charge is -2.15. The van der Waals surface area contributed by atoms with E-state index in [1.54, 1.807) is 0 Å². The Labute approximate surface area is 73.1 Å². The first-order chi connectivity index (χ1) is 5.59. The van der Waals surface area contributed by atoms with Gasteiger partial charge in [-0.05, 0) is 24.6 Å². The molecule has 0 saturated carbocycles. The first-order valence-corrected chi connectivity index (χ1v) is 3.89. The van der Waals surface area contributed by atoms with Crippen LogP contribution in [0.25, 0.3) is 0 Å². The highest BCUT2D eigenvalue weighted by atomic mass is 15.5. The molecule has 0 amide bonds. The number of hydrogen-bond acceptors (Lipinski definition) is 3. The molecule has 0 fully saturated rings. The summed E-state index contributed by atoms with van der Waals surface area (Å²) in [5, 5.41) is 1.86. The fourth-order valence-corrected chi connectivity index (χ4v) is 1.02. The second-order valence-corrected chi connectivity index (χ2v) is 3.10. The van der Waals surface area contributed by atoms with E-state index in [9.17, 15) is 0 Å². The van der Waals surface area contributed by atoms with Crippen molar-refractivity contribution in [3.63, 3.8) is 0 Å². The minimum absolute atomic E-state index is 0.781. The Morgan fingerprint density at radius 2 is 2.00 bits per heavy atom. The molecule has 0 aliphatic rings. The SMILES string of the molecule is Cc1ccc(NN(C)C)c(N)c1.